The number of benzene rings is 1. The van der Waals surface area contributed by atoms with Gasteiger partial charge < -0.3 is 20.1 Å². The minimum absolute atomic E-state index is 0.110. The van der Waals surface area contributed by atoms with Gasteiger partial charge in [0.1, 0.15) is 5.75 Å². The molecule has 1 aromatic rings. The molecule has 0 fully saturated rings. The van der Waals surface area contributed by atoms with Gasteiger partial charge in [0.2, 0.25) is 0 Å². The largest absolute Gasteiger partial charge is 0.508 e. The molecule has 3 N–H and O–H groups in total. The van der Waals surface area contributed by atoms with Crippen LogP contribution < -0.4 is 0 Å². The Balaban J connectivity index is 2.93. The first-order valence-corrected chi connectivity index (χ1v) is 5.19. The average molecular weight is 240 g/mol. The minimum atomic E-state index is -1.05. The predicted molar refractivity (Wildman–Crippen MR) is 60.2 cm³/mol. The van der Waals surface area contributed by atoms with Crippen molar-refractivity contribution < 1.29 is 24.9 Å². The zero-order valence-electron chi connectivity index (χ0n) is 9.75. The lowest BCUT2D eigenvalue weighted by atomic mass is 9.96. The Morgan fingerprint density at radius 3 is 2.59 bits per heavy atom. The SMILES string of the molecule is COC(=O)[C@@H](C)[C@@H](O)c1ccc(CO)c(O)c1. The molecule has 0 amide bonds. The van der Waals surface area contributed by atoms with Gasteiger partial charge in [0.05, 0.1) is 25.7 Å². The van der Waals surface area contributed by atoms with Crippen LogP contribution in [0.1, 0.15) is 24.2 Å². The molecule has 1 rings (SSSR count). The number of aromatic hydroxyl groups is 1. The molecular weight excluding hydrogens is 224 g/mol. The second-order valence-electron chi connectivity index (χ2n) is 3.80. The first kappa shape index (κ1) is 13.5. The van der Waals surface area contributed by atoms with Crippen molar-refractivity contribution in [2.75, 3.05) is 7.11 Å². The van der Waals surface area contributed by atoms with Gasteiger partial charge in [-0.3, -0.25) is 4.79 Å². The highest BCUT2D eigenvalue weighted by Gasteiger charge is 2.24. The minimum Gasteiger partial charge on any atom is -0.508 e. The molecule has 0 saturated heterocycles. The molecule has 2 atom stereocenters. The molecule has 0 bridgehead atoms. The number of hydrogen-bond donors (Lipinski definition) is 3. The lowest BCUT2D eigenvalue weighted by molar-refractivity contribution is -0.148. The normalized spacial score (nSPS) is 14.1. The number of carbonyl (C=O) groups is 1. The molecule has 0 saturated carbocycles. The number of aliphatic hydroxyl groups is 2. The van der Waals surface area contributed by atoms with E-state index in [1.807, 2.05) is 0 Å². The van der Waals surface area contributed by atoms with Crippen molar-refractivity contribution in [1.82, 2.24) is 0 Å². The van der Waals surface area contributed by atoms with E-state index >= 15 is 0 Å². The van der Waals surface area contributed by atoms with Crippen LogP contribution in [0.4, 0.5) is 0 Å². The molecule has 1 aromatic carbocycles. The Labute approximate surface area is 99.3 Å². The van der Waals surface area contributed by atoms with Crippen LogP contribution in [-0.4, -0.2) is 28.4 Å². The van der Waals surface area contributed by atoms with Crippen molar-refractivity contribution in [3.05, 3.63) is 29.3 Å². The van der Waals surface area contributed by atoms with Crippen LogP contribution in [0.25, 0.3) is 0 Å². The Morgan fingerprint density at radius 2 is 2.12 bits per heavy atom. The molecule has 0 aromatic heterocycles. The standard InChI is InChI=1S/C12H16O5/c1-7(12(16)17-2)11(15)8-3-4-9(6-13)10(14)5-8/h3-5,7,11,13-15H,6H2,1-2H3/t7-,11+/m0/s1. The predicted octanol–water partition coefficient (Wildman–Crippen LogP) is 0.727. The fourth-order valence-electron chi connectivity index (χ4n) is 1.50. The second-order valence-corrected chi connectivity index (χ2v) is 3.80. The maximum atomic E-state index is 11.2. The van der Waals surface area contributed by atoms with Gasteiger partial charge in [0, 0.05) is 5.56 Å². The number of esters is 1. The lowest BCUT2D eigenvalue weighted by Gasteiger charge is -2.17. The van der Waals surface area contributed by atoms with Crippen LogP contribution in [0.2, 0.25) is 0 Å². The van der Waals surface area contributed by atoms with E-state index < -0.39 is 18.0 Å². The molecule has 0 radical (unpaired) electrons. The highest BCUT2D eigenvalue weighted by molar-refractivity contribution is 5.72. The van der Waals surface area contributed by atoms with E-state index in [9.17, 15) is 15.0 Å². The second kappa shape index (κ2) is 5.65. The fraction of sp³-hybridized carbons (Fsp3) is 0.417. The molecule has 0 spiro atoms. The number of phenols is 1. The summed E-state index contributed by atoms with van der Waals surface area (Å²) in [6.07, 6.45) is -1.05. The van der Waals surface area contributed by atoms with E-state index in [-0.39, 0.29) is 12.4 Å². The molecule has 0 unspecified atom stereocenters. The van der Waals surface area contributed by atoms with Crippen molar-refractivity contribution in [3.8, 4) is 5.75 Å². The third-order valence-corrected chi connectivity index (χ3v) is 2.67. The van der Waals surface area contributed by atoms with Gasteiger partial charge in [-0.15, -0.1) is 0 Å². The molecule has 5 heteroatoms. The summed E-state index contributed by atoms with van der Waals surface area (Å²) in [5.74, 6) is -1.36. The van der Waals surface area contributed by atoms with Crippen LogP contribution in [0.3, 0.4) is 0 Å². The average Bonchev–Trinajstić information content (AvgIpc) is 2.35. The van der Waals surface area contributed by atoms with Crippen molar-refractivity contribution in [3.63, 3.8) is 0 Å². The van der Waals surface area contributed by atoms with Crippen LogP contribution in [0.15, 0.2) is 18.2 Å². The van der Waals surface area contributed by atoms with E-state index in [0.29, 0.717) is 11.1 Å². The highest BCUT2D eigenvalue weighted by atomic mass is 16.5. The first-order valence-electron chi connectivity index (χ1n) is 5.19. The number of ether oxygens (including phenoxy) is 1. The topological polar surface area (TPSA) is 87.0 Å². The van der Waals surface area contributed by atoms with E-state index in [1.165, 1.54) is 26.2 Å². The number of hydrogen-bond acceptors (Lipinski definition) is 5. The van der Waals surface area contributed by atoms with Crippen molar-refractivity contribution in [2.24, 2.45) is 5.92 Å². The third kappa shape index (κ3) is 2.95. The Kier molecular flexibility index (Phi) is 4.48. The quantitative estimate of drug-likeness (QED) is 0.675. The lowest BCUT2D eigenvalue weighted by Crippen LogP contribution is -2.20. The summed E-state index contributed by atoms with van der Waals surface area (Å²) in [6, 6.07) is 4.38. The third-order valence-electron chi connectivity index (χ3n) is 2.67. The summed E-state index contributed by atoms with van der Waals surface area (Å²) < 4.78 is 4.53. The van der Waals surface area contributed by atoms with Crippen LogP contribution >= 0.6 is 0 Å². The molecule has 0 aliphatic rings. The van der Waals surface area contributed by atoms with E-state index in [0.717, 1.165) is 0 Å². The summed E-state index contributed by atoms with van der Waals surface area (Å²) in [5, 5.41) is 28.3. The summed E-state index contributed by atoms with van der Waals surface area (Å²) >= 11 is 0. The molecule has 0 aliphatic carbocycles. The summed E-state index contributed by atoms with van der Waals surface area (Å²) in [7, 11) is 1.25. The zero-order valence-corrected chi connectivity index (χ0v) is 9.75. The number of aliphatic hydroxyl groups excluding tert-OH is 2. The maximum Gasteiger partial charge on any atom is 0.311 e. The van der Waals surface area contributed by atoms with Gasteiger partial charge in [-0.2, -0.15) is 0 Å². The Bertz CT molecular complexity index is 402. The van der Waals surface area contributed by atoms with Crippen molar-refractivity contribution in [1.29, 1.82) is 0 Å². The van der Waals surface area contributed by atoms with Gasteiger partial charge >= 0.3 is 5.97 Å². The van der Waals surface area contributed by atoms with Gasteiger partial charge in [0.15, 0.2) is 0 Å². The number of methoxy groups -OCH3 is 1. The maximum absolute atomic E-state index is 11.2. The molecule has 94 valence electrons. The molecular formula is C12H16O5. The number of rotatable bonds is 4. The molecule has 0 heterocycles. The summed E-state index contributed by atoms with van der Waals surface area (Å²) in [4.78, 5) is 11.2. The van der Waals surface area contributed by atoms with Gasteiger partial charge in [-0.1, -0.05) is 12.1 Å². The van der Waals surface area contributed by atoms with Crippen LogP contribution in [0, 0.1) is 5.92 Å². The van der Waals surface area contributed by atoms with E-state index in [2.05, 4.69) is 4.74 Å². The van der Waals surface area contributed by atoms with Crippen molar-refractivity contribution >= 4 is 5.97 Å². The van der Waals surface area contributed by atoms with Gasteiger partial charge in [-0.05, 0) is 18.6 Å². The van der Waals surface area contributed by atoms with E-state index in [1.54, 1.807) is 6.07 Å². The summed E-state index contributed by atoms with van der Waals surface area (Å²) in [6.45, 7) is 1.25. The number of carbonyl (C=O) groups excluding carboxylic acids is 1. The fourth-order valence-corrected chi connectivity index (χ4v) is 1.50. The summed E-state index contributed by atoms with van der Waals surface area (Å²) in [5.41, 5.74) is 0.768. The van der Waals surface area contributed by atoms with Crippen LogP contribution in [0.5, 0.6) is 5.75 Å². The van der Waals surface area contributed by atoms with Gasteiger partial charge in [0.25, 0.3) is 0 Å². The van der Waals surface area contributed by atoms with Gasteiger partial charge in [-0.25, -0.2) is 0 Å². The van der Waals surface area contributed by atoms with E-state index in [4.69, 9.17) is 5.11 Å². The first-order chi connectivity index (χ1) is 8.01. The van der Waals surface area contributed by atoms with Crippen molar-refractivity contribution in [2.45, 2.75) is 19.6 Å². The van der Waals surface area contributed by atoms with Crippen LogP contribution in [-0.2, 0) is 16.1 Å². The highest BCUT2D eigenvalue weighted by Crippen LogP contribution is 2.27. The Hall–Kier alpha value is -1.59. The molecule has 17 heavy (non-hydrogen) atoms. The zero-order chi connectivity index (χ0) is 13.0. The molecule has 5 nitrogen and oxygen atoms in total. The molecule has 0 aliphatic heterocycles. The smallest absolute Gasteiger partial charge is 0.311 e. The monoisotopic (exact) mass is 240 g/mol. The Morgan fingerprint density at radius 1 is 1.47 bits per heavy atom.